The van der Waals surface area contributed by atoms with Crippen molar-refractivity contribution in [1.82, 2.24) is 0 Å². The summed E-state index contributed by atoms with van der Waals surface area (Å²) >= 11 is 0. The van der Waals surface area contributed by atoms with Crippen LogP contribution in [-0.2, 0) is 14.3 Å². The van der Waals surface area contributed by atoms with Crippen LogP contribution in [0.4, 0.5) is 0 Å². The van der Waals surface area contributed by atoms with Gasteiger partial charge in [-0.3, -0.25) is 9.59 Å². The normalized spacial score (nSPS) is 25.1. The first-order valence-corrected chi connectivity index (χ1v) is 10.5. The fraction of sp³-hybridized carbons (Fsp3) is 0.818. The number of hydrogen-bond donors (Lipinski definition) is 2. The van der Waals surface area contributed by atoms with E-state index in [9.17, 15) is 19.8 Å². The second-order valence-corrected chi connectivity index (χ2v) is 8.18. The lowest BCUT2D eigenvalue weighted by molar-refractivity contribution is -0.140. The van der Waals surface area contributed by atoms with Crippen LogP contribution in [0.15, 0.2) is 12.2 Å². The Balaban J connectivity index is 2.42. The summed E-state index contributed by atoms with van der Waals surface area (Å²) in [6.45, 7) is 3.95. The third-order valence-corrected chi connectivity index (χ3v) is 5.59. The Hall–Kier alpha value is -1.20. The molecular formula is C22H38O5. The highest BCUT2D eigenvalue weighted by molar-refractivity contribution is 5.84. The number of aliphatic hydroxyl groups is 2. The largest absolute Gasteiger partial charge is 0.469 e. The van der Waals surface area contributed by atoms with Gasteiger partial charge in [-0.05, 0) is 32.6 Å². The van der Waals surface area contributed by atoms with Crippen LogP contribution in [0.1, 0.15) is 84.5 Å². The minimum Gasteiger partial charge on any atom is -0.469 e. The number of unbranched alkanes of at least 4 members (excludes halogenated alkanes) is 4. The molecule has 0 bridgehead atoms. The smallest absolute Gasteiger partial charge is 0.305 e. The standard InChI is InChI=1S/C22H38O5/c1-4-5-14-22(2,26)15-10-12-18-17(19(23)16-20(18)24)11-8-6-7-9-13-21(25)27-3/h10,12,17-18,20,24,26H,4-9,11,13-16H2,1-3H3/b12-10+/t17-,18-,20+,22+/m0/s1. The van der Waals surface area contributed by atoms with Crippen molar-refractivity contribution in [3.05, 3.63) is 12.2 Å². The van der Waals surface area contributed by atoms with Crippen LogP contribution in [0.3, 0.4) is 0 Å². The lowest BCUT2D eigenvalue weighted by Crippen LogP contribution is -2.23. The van der Waals surface area contributed by atoms with E-state index in [0.717, 1.165) is 51.4 Å². The SMILES string of the molecule is CCCC[C@@](C)(O)C/C=C/[C@@H]1[C@H](O)CC(=O)[C@H]1CCCCCCC(=O)OC. The molecule has 0 unspecified atom stereocenters. The van der Waals surface area contributed by atoms with Crippen molar-refractivity contribution in [2.75, 3.05) is 7.11 Å². The quantitative estimate of drug-likeness (QED) is 0.286. The third kappa shape index (κ3) is 9.02. The van der Waals surface area contributed by atoms with Crippen LogP contribution in [-0.4, -0.2) is 40.8 Å². The minimum atomic E-state index is -0.727. The van der Waals surface area contributed by atoms with Gasteiger partial charge < -0.3 is 14.9 Å². The minimum absolute atomic E-state index is 0.127. The molecule has 0 heterocycles. The van der Waals surface area contributed by atoms with E-state index in [-0.39, 0.29) is 30.0 Å². The van der Waals surface area contributed by atoms with Crippen molar-refractivity contribution >= 4 is 11.8 Å². The van der Waals surface area contributed by atoms with E-state index in [1.165, 1.54) is 7.11 Å². The molecule has 156 valence electrons. The second kappa shape index (κ2) is 12.3. The van der Waals surface area contributed by atoms with Gasteiger partial charge >= 0.3 is 5.97 Å². The zero-order valence-electron chi connectivity index (χ0n) is 17.3. The Labute approximate surface area is 164 Å². The summed E-state index contributed by atoms with van der Waals surface area (Å²) in [5.41, 5.74) is -0.727. The van der Waals surface area contributed by atoms with Crippen molar-refractivity contribution in [2.45, 2.75) is 96.2 Å². The lowest BCUT2D eigenvalue weighted by Gasteiger charge is -2.22. The first kappa shape index (κ1) is 23.8. The molecule has 1 fully saturated rings. The number of rotatable bonds is 13. The zero-order chi connectivity index (χ0) is 20.3. The summed E-state index contributed by atoms with van der Waals surface area (Å²) in [7, 11) is 1.40. The highest BCUT2D eigenvalue weighted by atomic mass is 16.5. The number of Topliss-reactive ketones (excluding diaryl/α,β-unsaturated/α-hetero) is 1. The van der Waals surface area contributed by atoms with Gasteiger partial charge in [-0.15, -0.1) is 0 Å². The highest BCUT2D eigenvalue weighted by Gasteiger charge is 2.39. The maximum absolute atomic E-state index is 12.2. The molecule has 0 aromatic heterocycles. The van der Waals surface area contributed by atoms with E-state index in [4.69, 9.17) is 0 Å². The number of methoxy groups -OCH3 is 1. The fourth-order valence-corrected chi connectivity index (χ4v) is 3.82. The number of carbonyl (C=O) groups excluding carboxylic acids is 2. The average Bonchev–Trinajstić information content (AvgIpc) is 2.89. The molecule has 0 spiro atoms. The zero-order valence-corrected chi connectivity index (χ0v) is 17.3. The second-order valence-electron chi connectivity index (χ2n) is 8.18. The molecule has 1 saturated carbocycles. The molecule has 0 aromatic carbocycles. The van der Waals surface area contributed by atoms with E-state index < -0.39 is 11.7 Å². The molecule has 1 rings (SSSR count). The summed E-state index contributed by atoms with van der Waals surface area (Å²) in [6.07, 6.45) is 11.7. The molecule has 5 heteroatoms. The van der Waals surface area contributed by atoms with Gasteiger partial charge in [0.05, 0.1) is 18.8 Å². The Bertz CT molecular complexity index is 483. The highest BCUT2D eigenvalue weighted by Crippen LogP contribution is 2.34. The van der Waals surface area contributed by atoms with E-state index in [1.807, 2.05) is 19.1 Å². The number of ketones is 1. The Morgan fingerprint density at radius 2 is 1.96 bits per heavy atom. The maximum atomic E-state index is 12.2. The van der Waals surface area contributed by atoms with Gasteiger partial charge in [-0.2, -0.15) is 0 Å². The predicted octanol–water partition coefficient (Wildman–Crippen LogP) is 3.95. The lowest BCUT2D eigenvalue weighted by atomic mass is 9.87. The summed E-state index contributed by atoms with van der Waals surface area (Å²) in [6, 6.07) is 0. The van der Waals surface area contributed by atoms with Crippen LogP contribution in [0, 0.1) is 11.8 Å². The summed E-state index contributed by atoms with van der Waals surface area (Å²) in [5, 5.41) is 20.6. The van der Waals surface area contributed by atoms with Crippen molar-refractivity contribution in [3.8, 4) is 0 Å². The van der Waals surface area contributed by atoms with Crippen LogP contribution >= 0.6 is 0 Å². The topological polar surface area (TPSA) is 83.8 Å². The van der Waals surface area contributed by atoms with Crippen LogP contribution < -0.4 is 0 Å². The Morgan fingerprint density at radius 3 is 2.63 bits per heavy atom. The first-order chi connectivity index (χ1) is 12.8. The van der Waals surface area contributed by atoms with Gasteiger partial charge in [-0.1, -0.05) is 51.2 Å². The van der Waals surface area contributed by atoms with E-state index in [1.54, 1.807) is 0 Å². The molecule has 0 amide bonds. The molecule has 0 aliphatic heterocycles. The van der Waals surface area contributed by atoms with Crippen molar-refractivity contribution < 1.29 is 24.5 Å². The molecule has 0 aromatic rings. The van der Waals surface area contributed by atoms with Crippen LogP contribution in [0.25, 0.3) is 0 Å². The molecule has 0 saturated heterocycles. The van der Waals surface area contributed by atoms with Gasteiger partial charge in [0, 0.05) is 24.7 Å². The Morgan fingerprint density at radius 1 is 1.26 bits per heavy atom. The number of esters is 1. The first-order valence-electron chi connectivity index (χ1n) is 10.5. The van der Waals surface area contributed by atoms with E-state index in [0.29, 0.717) is 12.8 Å². The predicted molar refractivity (Wildman–Crippen MR) is 106 cm³/mol. The van der Waals surface area contributed by atoms with Gasteiger partial charge in [-0.25, -0.2) is 0 Å². The summed E-state index contributed by atoms with van der Waals surface area (Å²) in [4.78, 5) is 23.3. The molecule has 1 aliphatic rings. The monoisotopic (exact) mass is 382 g/mol. The van der Waals surface area contributed by atoms with Gasteiger partial charge in [0.2, 0.25) is 0 Å². The summed E-state index contributed by atoms with van der Waals surface area (Å²) < 4.78 is 4.62. The van der Waals surface area contributed by atoms with Gasteiger partial charge in [0.1, 0.15) is 5.78 Å². The number of aliphatic hydroxyl groups excluding tert-OH is 1. The molecule has 0 radical (unpaired) electrons. The van der Waals surface area contributed by atoms with E-state index in [2.05, 4.69) is 11.7 Å². The van der Waals surface area contributed by atoms with Gasteiger partial charge in [0.15, 0.2) is 0 Å². The number of ether oxygens (including phenoxy) is 1. The fourth-order valence-electron chi connectivity index (χ4n) is 3.82. The molecule has 2 N–H and O–H groups in total. The molecule has 27 heavy (non-hydrogen) atoms. The molecule has 5 nitrogen and oxygen atoms in total. The number of carbonyl (C=O) groups is 2. The summed E-state index contributed by atoms with van der Waals surface area (Å²) in [5.74, 6) is -0.305. The molecule has 4 atom stereocenters. The van der Waals surface area contributed by atoms with Crippen molar-refractivity contribution in [2.24, 2.45) is 11.8 Å². The van der Waals surface area contributed by atoms with E-state index >= 15 is 0 Å². The van der Waals surface area contributed by atoms with Crippen LogP contribution in [0.5, 0.6) is 0 Å². The van der Waals surface area contributed by atoms with Gasteiger partial charge in [0.25, 0.3) is 0 Å². The van der Waals surface area contributed by atoms with Crippen LogP contribution in [0.2, 0.25) is 0 Å². The molecular weight excluding hydrogens is 344 g/mol. The maximum Gasteiger partial charge on any atom is 0.305 e. The number of hydrogen-bond acceptors (Lipinski definition) is 5. The van der Waals surface area contributed by atoms with Crippen molar-refractivity contribution in [3.63, 3.8) is 0 Å². The van der Waals surface area contributed by atoms with Crippen molar-refractivity contribution in [1.29, 1.82) is 0 Å². The molecule has 1 aliphatic carbocycles. The average molecular weight is 383 g/mol. The Kier molecular flexibility index (Phi) is 10.9. The third-order valence-electron chi connectivity index (χ3n) is 5.59.